The van der Waals surface area contributed by atoms with Crippen molar-refractivity contribution >= 4 is 0 Å². The number of nitrogens with one attached hydrogen (secondary N) is 1. The summed E-state index contributed by atoms with van der Waals surface area (Å²) in [5.74, 6) is 0.869. The summed E-state index contributed by atoms with van der Waals surface area (Å²) in [6, 6.07) is 10.4. The number of rotatable bonds is 4. The Balaban J connectivity index is 2.38. The first kappa shape index (κ1) is 12.6. The minimum atomic E-state index is 0.132. The molecule has 0 aliphatic rings. The number of aryl methyl sites for hydroxylation is 1. The van der Waals surface area contributed by atoms with Gasteiger partial charge in [-0.1, -0.05) is 18.2 Å². The Hall–Kier alpha value is -1.87. The maximum absolute atomic E-state index is 5.27. The Labute approximate surface area is 108 Å². The first-order valence-corrected chi connectivity index (χ1v) is 5.97. The Kier molecular flexibility index (Phi) is 3.95. The van der Waals surface area contributed by atoms with Crippen LogP contribution in [0.15, 0.2) is 42.7 Å². The normalized spacial score (nSPS) is 12.2. The van der Waals surface area contributed by atoms with Crippen LogP contribution in [-0.2, 0) is 0 Å². The Morgan fingerprint density at radius 3 is 2.67 bits per heavy atom. The summed E-state index contributed by atoms with van der Waals surface area (Å²) in [6.07, 6.45) is 3.76. The molecule has 2 aromatic rings. The van der Waals surface area contributed by atoms with E-state index in [1.165, 1.54) is 5.56 Å². The molecule has 2 rings (SSSR count). The van der Waals surface area contributed by atoms with Crippen LogP contribution in [0.4, 0.5) is 0 Å². The SMILES string of the molecule is CNC(c1cncc(C)c1)c1cccc(OC)c1. The van der Waals surface area contributed by atoms with Gasteiger partial charge in [0, 0.05) is 12.4 Å². The fourth-order valence-corrected chi connectivity index (χ4v) is 2.08. The van der Waals surface area contributed by atoms with E-state index in [1.807, 2.05) is 37.6 Å². The predicted octanol–water partition coefficient (Wildman–Crippen LogP) is 2.71. The third kappa shape index (κ3) is 2.68. The smallest absolute Gasteiger partial charge is 0.119 e. The molecule has 1 aromatic carbocycles. The first-order chi connectivity index (χ1) is 8.74. The van der Waals surface area contributed by atoms with Gasteiger partial charge in [-0.2, -0.15) is 0 Å². The van der Waals surface area contributed by atoms with Gasteiger partial charge in [-0.15, -0.1) is 0 Å². The van der Waals surface area contributed by atoms with Gasteiger partial charge in [-0.05, 0) is 42.8 Å². The number of aromatic nitrogens is 1. The topological polar surface area (TPSA) is 34.2 Å². The van der Waals surface area contributed by atoms with E-state index >= 15 is 0 Å². The standard InChI is InChI=1S/C15H18N2O/c1-11-7-13(10-17-9-11)15(16-2)12-5-4-6-14(8-12)18-3/h4-10,15-16H,1-3H3. The highest BCUT2D eigenvalue weighted by atomic mass is 16.5. The first-order valence-electron chi connectivity index (χ1n) is 5.97. The van der Waals surface area contributed by atoms with Crippen molar-refractivity contribution in [3.05, 3.63) is 59.4 Å². The maximum atomic E-state index is 5.27. The number of ether oxygens (including phenoxy) is 1. The number of pyridine rings is 1. The molecule has 0 bridgehead atoms. The van der Waals surface area contributed by atoms with Gasteiger partial charge in [0.1, 0.15) is 5.75 Å². The average molecular weight is 242 g/mol. The monoisotopic (exact) mass is 242 g/mol. The molecule has 18 heavy (non-hydrogen) atoms. The van der Waals surface area contributed by atoms with Crippen molar-refractivity contribution in [3.63, 3.8) is 0 Å². The molecule has 0 amide bonds. The summed E-state index contributed by atoms with van der Waals surface area (Å²) in [5.41, 5.74) is 3.49. The summed E-state index contributed by atoms with van der Waals surface area (Å²) in [5, 5.41) is 3.32. The molecule has 0 aliphatic carbocycles. The van der Waals surface area contributed by atoms with Gasteiger partial charge in [0.2, 0.25) is 0 Å². The fourth-order valence-electron chi connectivity index (χ4n) is 2.08. The van der Waals surface area contributed by atoms with Crippen LogP contribution in [0.3, 0.4) is 0 Å². The van der Waals surface area contributed by atoms with E-state index in [1.54, 1.807) is 7.11 Å². The maximum Gasteiger partial charge on any atom is 0.119 e. The second-order valence-electron chi connectivity index (χ2n) is 4.29. The largest absolute Gasteiger partial charge is 0.497 e. The summed E-state index contributed by atoms with van der Waals surface area (Å²) >= 11 is 0. The van der Waals surface area contributed by atoms with Crippen molar-refractivity contribution in [2.75, 3.05) is 14.2 Å². The van der Waals surface area contributed by atoms with Crippen molar-refractivity contribution in [1.29, 1.82) is 0 Å². The molecule has 0 spiro atoms. The van der Waals surface area contributed by atoms with Crippen molar-refractivity contribution in [3.8, 4) is 5.75 Å². The van der Waals surface area contributed by atoms with Gasteiger partial charge in [0.05, 0.1) is 13.2 Å². The van der Waals surface area contributed by atoms with E-state index in [0.717, 1.165) is 16.9 Å². The van der Waals surface area contributed by atoms with Gasteiger partial charge in [0.25, 0.3) is 0 Å². The lowest BCUT2D eigenvalue weighted by Crippen LogP contribution is -2.18. The lowest BCUT2D eigenvalue weighted by Gasteiger charge is -2.18. The zero-order chi connectivity index (χ0) is 13.0. The van der Waals surface area contributed by atoms with E-state index in [9.17, 15) is 0 Å². The second kappa shape index (κ2) is 5.65. The van der Waals surface area contributed by atoms with E-state index < -0.39 is 0 Å². The highest BCUT2D eigenvalue weighted by Crippen LogP contribution is 2.24. The zero-order valence-corrected chi connectivity index (χ0v) is 11.0. The van der Waals surface area contributed by atoms with Crippen LogP contribution in [-0.4, -0.2) is 19.1 Å². The molecule has 1 unspecified atom stereocenters. The van der Waals surface area contributed by atoms with Crippen LogP contribution in [0.1, 0.15) is 22.7 Å². The summed E-state index contributed by atoms with van der Waals surface area (Å²) < 4.78 is 5.27. The fraction of sp³-hybridized carbons (Fsp3) is 0.267. The summed E-state index contributed by atoms with van der Waals surface area (Å²) in [7, 11) is 3.63. The van der Waals surface area contributed by atoms with Gasteiger partial charge in [-0.25, -0.2) is 0 Å². The quantitative estimate of drug-likeness (QED) is 0.895. The zero-order valence-electron chi connectivity index (χ0n) is 11.0. The third-order valence-electron chi connectivity index (χ3n) is 2.95. The van der Waals surface area contributed by atoms with Crippen LogP contribution in [0.2, 0.25) is 0 Å². The molecule has 0 radical (unpaired) electrons. The number of nitrogens with zero attached hydrogens (tertiary/aromatic N) is 1. The number of hydrogen-bond acceptors (Lipinski definition) is 3. The number of benzene rings is 1. The molecule has 1 aromatic heterocycles. The molecular formula is C15H18N2O. The van der Waals surface area contributed by atoms with Crippen LogP contribution < -0.4 is 10.1 Å². The van der Waals surface area contributed by atoms with E-state index in [-0.39, 0.29) is 6.04 Å². The molecule has 0 aliphatic heterocycles. The van der Waals surface area contributed by atoms with Gasteiger partial charge in [-0.3, -0.25) is 4.98 Å². The molecule has 0 saturated carbocycles. The second-order valence-corrected chi connectivity index (χ2v) is 4.29. The van der Waals surface area contributed by atoms with Crippen LogP contribution in [0.5, 0.6) is 5.75 Å². The molecule has 3 heteroatoms. The third-order valence-corrected chi connectivity index (χ3v) is 2.95. The van der Waals surface area contributed by atoms with Crippen molar-refractivity contribution < 1.29 is 4.74 Å². The van der Waals surface area contributed by atoms with Crippen molar-refractivity contribution in [1.82, 2.24) is 10.3 Å². The molecule has 1 atom stereocenters. The van der Waals surface area contributed by atoms with Crippen LogP contribution in [0, 0.1) is 6.92 Å². The van der Waals surface area contributed by atoms with Crippen LogP contribution in [0.25, 0.3) is 0 Å². The summed E-state index contributed by atoms with van der Waals surface area (Å²) in [6.45, 7) is 2.05. The van der Waals surface area contributed by atoms with Gasteiger partial charge >= 0.3 is 0 Å². The Morgan fingerprint density at radius 2 is 2.00 bits per heavy atom. The average Bonchev–Trinajstić information content (AvgIpc) is 2.40. The van der Waals surface area contributed by atoms with Gasteiger partial charge < -0.3 is 10.1 Å². The van der Waals surface area contributed by atoms with E-state index in [0.29, 0.717) is 0 Å². The van der Waals surface area contributed by atoms with E-state index in [2.05, 4.69) is 29.4 Å². The summed E-state index contributed by atoms with van der Waals surface area (Å²) in [4.78, 5) is 4.25. The predicted molar refractivity (Wildman–Crippen MR) is 72.9 cm³/mol. The lowest BCUT2D eigenvalue weighted by atomic mass is 9.99. The number of hydrogen-bond donors (Lipinski definition) is 1. The molecule has 0 fully saturated rings. The minimum Gasteiger partial charge on any atom is -0.497 e. The Bertz CT molecular complexity index is 525. The molecule has 94 valence electrons. The lowest BCUT2D eigenvalue weighted by molar-refractivity contribution is 0.414. The van der Waals surface area contributed by atoms with Crippen LogP contribution >= 0.6 is 0 Å². The minimum absolute atomic E-state index is 0.132. The highest BCUT2D eigenvalue weighted by Gasteiger charge is 2.12. The molecule has 0 saturated heterocycles. The Morgan fingerprint density at radius 1 is 1.17 bits per heavy atom. The molecule has 3 nitrogen and oxygen atoms in total. The molecule has 1 N–H and O–H groups in total. The number of methoxy groups -OCH3 is 1. The highest BCUT2D eigenvalue weighted by molar-refractivity contribution is 5.36. The van der Waals surface area contributed by atoms with Crippen molar-refractivity contribution in [2.24, 2.45) is 0 Å². The molecule has 1 heterocycles. The van der Waals surface area contributed by atoms with Gasteiger partial charge in [0.15, 0.2) is 0 Å². The van der Waals surface area contributed by atoms with Crippen molar-refractivity contribution in [2.45, 2.75) is 13.0 Å². The van der Waals surface area contributed by atoms with E-state index in [4.69, 9.17) is 4.74 Å². The molecular weight excluding hydrogens is 224 g/mol.